The van der Waals surface area contributed by atoms with Gasteiger partial charge in [0.05, 0.1) is 19.2 Å². The highest BCUT2D eigenvalue weighted by molar-refractivity contribution is 6.32. The lowest BCUT2D eigenvalue weighted by Gasteiger charge is -2.27. The molecule has 0 saturated carbocycles. The first-order valence-electron chi connectivity index (χ1n) is 6.86. The van der Waals surface area contributed by atoms with Crippen LogP contribution in [-0.4, -0.2) is 27.3 Å². The Bertz CT molecular complexity index is 442. The smallest absolute Gasteiger partial charge is 0.165 e. The van der Waals surface area contributed by atoms with Gasteiger partial charge in [-0.1, -0.05) is 18.5 Å². The molecule has 0 spiro atoms. The number of aryl methyl sites for hydroxylation is 1. The summed E-state index contributed by atoms with van der Waals surface area (Å²) in [6.45, 7) is 4.14. The molecule has 2 rings (SSSR count). The van der Waals surface area contributed by atoms with Gasteiger partial charge in [0.25, 0.3) is 0 Å². The number of benzene rings is 1. The minimum atomic E-state index is 0.400. The van der Waals surface area contributed by atoms with Crippen molar-refractivity contribution in [2.45, 2.75) is 32.1 Å². The highest BCUT2D eigenvalue weighted by Crippen LogP contribution is 2.44. The van der Waals surface area contributed by atoms with Crippen LogP contribution in [0.1, 0.15) is 36.8 Å². The number of nitrogens with one attached hydrogen (secondary N) is 1. The summed E-state index contributed by atoms with van der Waals surface area (Å²) < 4.78 is 11.0. The summed E-state index contributed by atoms with van der Waals surface area (Å²) >= 11 is 6.59. The van der Waals surface area contributed by atoms with Crippen molar-refractivity contribution in [1.82, 2.24) is 5.32 Å². The Kier molecular flexibility index (Phi) is 4.94. The topological polar surface area (TPSA) is 30.5 Å². The summed E-state index contributed by atoms with van der Waals surface area (Å²) in [4.78, 5) is 0. The van der Waals surface area contributed by atoms with Gasteiger partial charge in [0, 0.05) is 18.0 Å². The highest BCUT2D eigenvalue weighted by Gasteiger charge is 2.26. The molecule has 1 heterocycles. The molecule has 1 atom stereocenters. The van der Waals surface area contributed by atoms with Gasteiger partial charge in [-0.15, -0.1) is 0 Å². The summed E-state index contributed by atoms with van der Waals surface area (Å²) in [5.41, 5.74) is 2.23. The van der Waals surface area contributed by atoms with Gasteiger partial charge in [0.15, 0.2) is 11.5 Å². The molecule has 0 amide bonds. The molecule has 1 aromatic carbocycles. The molecule has 0 aliphatic carbocycles. The largest absolute Gasteiger partial charge is 0.493 e. The SMILES string of the molecule is CCc1cc(OC)c(OC)c(C2CCCNC2)c1Cl. The van der Waals surface area contributed by atoms with E-state index in [1.807, 2.05) is 6.07 Å². The average Bonchev–Trinajstić information content (AvgIpc) is 2.47. The van der Waals surface area contributed by atoms with Crippen molar-refractivity contribution in [3.63, 3.8) is 0 Å². The van der Waals surface area contributed by atoms with E-state index in [0.29, 0.717) is 5.92 Å². The zero-order valence-corrected chi connectivity index (χ0v) is 12.6. The average molecular weight is 284 g/mol. The molecular weight excluding hydrogens is 262 g/mol. The van der Waals surface area contributed by atoms with E-state index in [1.54, 1.807) is 14.2 Å². The molecule has 0 bridgehead atoms. The lowest BCUT2D eigenvalue weighted by atomic mass is 9.89. The summed E-state index contributed by atoms with van der Waals surface area (Å²) in [5.74, 6) is 1.97. The van der Waals surface area contributed by atoms with E-state index < -0.39 is 0 Å². The number of ether oxygens (including phenoxy) is 2. The zero-order valence-electron chi connectivity index (χ0n) is 11.9. The van der Waals surface area contributed by atoms with E-state index in [2.05, 4.69) is 12.2 Å². The van der Waals surface area contributed by atoms with E-state index in [-0.39, 0.29) is 0 Å². The molecule has 1 unspecified atom stereocenters. The van der Waals surface area contributed by atoms with Crippen molar-refractivity contribution in [3.8, 4) is 11.5 Å². The standard InChI is InChI=1S/C15H22ClNO2/c1-4-10-8-12(18-2)15(19-3)13(14(10)16)11-6-5-7-17-9-11/h8,11,17H,4-7,9H2,1-3H3. The molecule has 1 saturated heterocycles. The lowest BCUT2D eigenvalue weighted by molar-refractivity contribution is 0.344. The van der Waals surface area contributed by atoms with Crippen LogP contribution in [0.15, 0.2) is 6.07 Å². The predicted molar refractivity (Wildman–Crippen MR) is 78.8 cm³/mol. The molecule has 1 N–H and O–H groups in total. The normalized spacial score (nSPS) is 19.3. The van der Waals surface area contributed by atoms with Gasteiger partial charge in [-0.3, -0.25) is 0 Å². The second-order valence-corrected chi connectivity index (χ2v) is 5.27. The molecule has 106 valence electrons. The number of hydrogen-bond acceptors (Lipinski definition) is 3. The zero-order chi connectivity index (χ0) is 13.8. The number of piperidine rings is 1. The molecule has 1 fully saturated rings. The number of halogens is 1. The maximum absolute atomic E-state index is 6.59. The Balaban J connectivity index is 2.53. The van der Waals surface area contributed by atoms with E-state index in [0.717, 1.165) is 53.6 Å². The first-order valence-corrected chi connectivity index (χ1v) is 7.24. The molecule has 3 nitrogen and oxygen atoms in total. The third-order valence-electron chi connectivity index (χ3n) is 3.80. The molecular formula is C15H22ClNO2. The quantitative estimate of drug-likeness (QED) is 0.919. The fraction of sp³-hybridized carbons (Fsp3) is 0.600. The second kappa shape index (κ2) is 6.49. The van der Waals surface area contributed by atoms with Crippen molar-refractivity contribution < 1.29 is 9.47 Å². The Morgan fingerprint density at radius 1 is 1.37 bits per heavy atom. The fourth-order valence-corrected chi connectivity index (χ4v) is 3.20. The van der Waals surface area contributed by atoms with Gasteiger partial charge in [0.2, 0.25) is 0 Å². The third kappa shape index (κ3) is 2.82. The van der Waals surface area contributed by atoms with Gasteiger partial charge in [-0.25, -0.2) is 0 Å². The van der Waals surface area contributed by atoms with Crippen molar-refractivity contribution in [2.75, 3.05) is 27.3 Å². The Hall–Kier alpha value is -0.930. The third-order valence-corrected chi connectivity index (χ3v) is 4.25. The number of rotatable bonds is 4. The second-order valence-electron chi connectivity index (χ2n) is 4.90. The maximum Gasteiger partial charge on any atom is 0.165 e. The maximum atomic E-state index is 6.59. The van der Waals surface area contributed by atoms with Crippen molar-refractivity contribution in [3.05, 3.63) is 22.2 Å². The Labute approximate surface area is 120 Å². The van der Waals surface area contributed by atoms with Crippen LogP contribution in [0.3, 0.4) is 0 Å². The Morgan fingerprint density at radius 2 is 2.16 bits per heavy atom. The Morgan fingerprint density at radius 3 is 2.68 bits per heavy atom. The molecule has 0 radical (unpaired) electrons. The minimum Gasteiger partial charge on any atom is -0.493 e. The number of hydrogen-bond donors (Lipinski definition) is 1. The van der Waals surface area contributed by atoms with Crippen LogP contribution < -0.4 is 14.8 Å². The van der Waals surface area contributed by atoms with E-state index >= 15 is 0 Å². The minimum absolute atomic E-state index is 0.400. The monoisotopic (exact) mass is 283 g/mol. The van der Waals surface area contributed by atoms with Crippen LogP contribution >= 0.6 is 11.6 Å². The summed E-state index contributed by atoms with van der Waals surface area (Å²) in [5, 5.41) is 4.27. The lowest BCUT2D eigenvalue weighted by Crippen LogP contribution is -2.29. The highest BCUT2D eigenvalue weighted by atomic mass is 35.5. The fourth-order valence-electron chi connectivity index (χ4n) is 2.77. The van der Waals surface area contributed by atoms with Crippen LogP contribution in [0.25, 0.3) is 0 Å². The van der Waals surface area contributed by atoms with Gasteiger partial charge in [-0.05, 0) is 37.4 Å². The first-order chi connectivity index (χ1) is 9.22. The predicted octanol–water partition coefficient (Wildman–Crippen LogP) is 3.39. The molecule has 19 heavy (non-hydrogen) atoms. The van der Waals surface area contributed by atoms with Gasteiger partial charge < -0.3 is 14.8 Å². The molecule has 4 heteroatoms. The van der Waals surface area contributed by atoms with Gasteiger partial charge in [0.1, 0.15) is 0 Å². The van der Waals surface area contributed by atoms with Crippen LogP contribution in [0.2, 0.25) is 5.02 Å². The molecule has 1 aliphatic rings. The summed E-state index contributed by atoms with van der Waals surface area (Å²) in [6.07, 6.45) is 3.20. The van der Waals surface area contributed by atoms with Crippen molar-refractivity contribution in [1.29, 1.82) is 0 Å². The molecule has 0 aromatic heterocycles. The summed E-state index contributed by atoms with van der Waals surface area (Å²) in [7, 11) is 3.35. The van der Waals surface area contributed by atoms with Crippen molar-refractivity contribution in [2.24, 2.45) is 0 Å². The van der Waals surface area contributed by atoms with E-state index in [9.17, 15) is 0 Å². The van der Waals surface area contributed by atoms with Gasteiger partial charge in [-0.2, -0.15) is 0 Å². The van der Waals surface area contributed by atoms with Gasteiger partial charge >= 0.3 is 0 Å². The van der Waals surface area contributed by atoms with Crippen molar-refractivity contribution >= 4 is 11.6 Å². The first kappa shape index (κ1) is 14.5. The van der Waals surface area contributed by atoms with Crippen LogP contribution in [-0.2, 0) is 6.42 Å². The molecule has 1 aliphatic heterocycles. The van der Waals surface area contributed by atoms with Crippen LogP contribution in [0, 0.1) is 0 Å². The van der Waals surface area contributed by atoms with Crippen LogP contribution in [0.4, 0.5) is 0 Å². The van der Waals surface area contributed by atoms with Crippen LogP contribution in [0.5, 0.6) is 11.5 Å². The number of methoxy groups -OCH3 is 2. The van der Waals surface area contributed by atoms with E-state index in [1.165, 1.54) is 6.42 Å². The van der Waals surface area contributed by atoms with E-state index in [4.69, 9.17) is 21.1 Å². The molecule has 1 aromatic rings. The summed E-state index contributed by atoms with van der Waals surface area (Å²) in [6, 6.07) is 1.99.